The molecule has 37 heavy (non-hydrogen) atoms. The van der Waals surface area contributed by atoms with Crippen molar-refractivity contribution in [3.63, 3.8) is 0 Å². The van der Waals surface area contributed by atoms with Gasteiger partial charge in [0, 0.05) is 31.0 Å². The molecule has 1 atom stereocenters. The first-order valence-corrected chi connectivity index (χ1v) is 13.5. The summed E-state index contributed by atoms with van der Waals surface area (Å²) in [4.78, 5) is 15.0. The summed E-state index contributed by atoms with van der Waals surface area (Å²) < 4.78 is 19.0. The van der Waals surface area contributed by atoms with Gasteiger partial charge in [-0.1, -0.05) is 37.7 Å². The predicted molar refractivity (Wildman–Crippen MR) is 146 cm³/mol. The highest BCUT2D eigenvalue weighted by atomic mass is 32.2. The molecule has 1 fully saturated rings. The quantitative estimate of drug-likeness (QED) is 0.362. The van der Waals surface area contributed by atoms with Crippen LogP contribution in [0.25, 0.3) is 0 Å². The van der Waals surface area contributed by atoms with E-state index >= 15 is 0 Å². The van der Waals surface area contributed by atoms with E-state index in [4.69, 9.17) is 14.2 Å². The minimum Gasteiger partial charge on any atom is -0.493 e. The molecule has 10 heteroatoms. The van der Waals surface area contributed by atoms with Crippen molar-refractivity contribution in [3.8, 4) is 11.5 Å². The number of anilines is 2. The number of morpholine rings is 1. The minimum atomic E-state index is -0.351. The molecular formula is C27H35N5O4S. The zero-order chi connectivity index (χ0) is 26.2. The van der Waals surface area contributed by atoms with Gasteiger partial charge in [-0.25, -0.2) is 0 Å². The molecule has 198 valence electrons. The molecule has 2 heterocycles. The fraction of sp³-hybridized carbons (Fsp3) is 0.444. The molecule has 1 N–H and O–H groups in total. The Bertz CT molecular complexity index is 1160. The molecular weight excluding hydrogens is 490 g/mol. The summed E-state index contributed by atoms with van der Waals surface area (Å²) in [5, 5.41) is 12.5. The molecule has 2 aromatic carbocycles. The lowest BCUT2D eigenvalue weighted by atomic mass is 10.2. The first-order chi connectivity index (χ1) is 17.9. The fourth-order valence-corrected chi connectivity index (χ4v) is 4.86. The molecule has 1 amide bonds. The molecule has 0 radical (unpaired) electrons. The van der Waals surface area contributed by atoms with Crippen molar-refractivity contribution in [3.05, 3.63) is 54.4 Å². The summed E-state index contributed by atoms with van der Waals surface area (Å²) in [6.07, 6.45) is -0.351. The van der Waals surface area contributed by atoms with Crippen molar-refractivity contribution in [2.24, 2.45) is 5.92 Å². The number of benzene rings is 2. The Morgan fingerprint density at radius 3 is 2.43 bits per heavy atom. The second kappa shape index (κ2) is 12.8. The van der Waals surface area contributed by atoms with Gasteiger partial charge in [-0.2, -0.15) is 0 Å². The lowest BCUT2D eigenvalue weighted by Gasteiger charge is -2.28. The topological polar surface area (TPSA) is 90.7 Å². The first kappa shape index (κ1) is 26.8. The van der Waals surface area contributed by atoms with E-state index < -0.39 is 0 Å². The summed E-state index contributed by atoms with van der Waals surface area (Å²) in [5.74, 6) is 2.51. The van der Waals surface area contributed by atoms with Crippen LogP contribution in [-0.4, -0.2) is 59.8 Å². The molecule has 1 aliphatic rings. The lowest BCUT2D eigenvalue weighted by molar-refractivity contribution is -0.113. The van der Waals surface area contributed by atoms with Crippen LogP contribution in [0.5, 0.6) is 11.5 Å². The number of amides is 1. The van der Waals surface area contributed by atoms with Crippen LogP contribution in [0.2, 0.25) is 0 Å². The van der Waals surface area contributed by atoms with Gasteiger partial charge in [-0.3, -0.25) is 4.79 Å². The predicted octanol–water partition coefficient (Wildman–Crippen LogP) is 4.65. The third-order valence-electron chi connectivity index (χ3n) is 5.89. The molecule has 1 aromatic heterocycles. The summed E-state index contributed by atoms with van der Waals surface area (Å²) in [7, 11) is 1.62. The van der Waals surface area contributed by atoms with Gasteiger partial charge in [-0.15, -0.1) is 10.2 Å². The van der Waals surface area contributed by atoms with E-state index in [-0.39, 0.29) is 17.8 Å². The Labute approximate surface area is 222 Å². The molecule has 0 bridgehead atoms. The standard InChI is InChI=1S/C27H35N5O4S/c1-19(2)17-32-26(20(3)36-24-8-6-5-7-23(24)34-4)29-30-27(32)37-18-25(33)28-21-9-11-22(12-10-21)31-13-15-35-16-14-31/h5-12,19-20H,13-18H2,1-4H3,(H,28,33). The maximum atomic E-state index is 12.7. The van der Waals surface area contributed by atoms with Crippen LogP contribution in [0.3, 0.4) is 0 Å². The van der Waals surface area contributed by atoms with Crippen LogP contribution in [0.4, 0.5) is 11.4 Å². The first-order valence-electron chi connectivity index (χ1n) is 12.5. The number of rotatable bonds is 11. The third-order valence-corrected chi connectivity index (χ3v) is 6.86. The van der Waals surface area contributed by atoms with Gasteiger partial charge in [0.25, 0.3) is 0 Å². The number of carbonyl (C=O) groups is 1. The van der Waals surface area contributed by atoms with Crippen LogP contribution < -0.4 is 19.7 Å². The van der Waals surface area contributed by atoms with Gasteiger partial charge >= 0.3 is 0 Å². The molecule has 4 rings (SSSR count). The number of thioether (sulfide) groups is 1. The number of ether oxygens (including phenoxy) is 3. The minimum absolute atomic E-state index is 0.0944. The molecule has 0 saturated carbocycles. The van der Waals surface area contributed by atoms with Gasteiger partial charge in [0.2, 0.25) is 5.91 Å². The van der Waals surface area contributed by atoms with E-state index in [1.807, 2.05) is 60.0 Å². The fourth-order valence-electron chi connectivity index (χ4n) is 4.11. The van der Waals surface area contributed by atoms with E-state index in [0.29, 0.717) is 28.4 Å². The van der Waals surface area contributed by atoms with Crippen molar-refractivity contribution in [2.45, 2.75) is 38.6 Å². The SMILES string of the molecule is COc1ccccc1OC(C)c1nnc(SCC(=O)Nc2ccc(N3CCOCC3)cc2)n1CC(C)C. The molecule has 1 aliphatic heterocycles. The zero-order valence-corrected chi connectivity index (χ0v) is 22.7. The van der Waals surface area contributed by atoms with Crippen LogP contribution in [0.15, 0.2) is 53.7 Å². The smallest absolute Gasteiger partial charge is 0.234 e. The van der Waals surface area contributed by atoms with Crippen molar-refractivity contribution in [2.75, 3.05) is 49.4 Å². The number of aromatic nitrogens is 3. The zero-order valence-electron chi connectivity index (χ0n) is 21.8. The van der Waals surface area contributed by atoms with Gasteiger partial charge < -0.3 is 29.0 Å². The van der Waals surface area contributed by atoms with E-state index in [2.05, 4.69) is 34.3 Å². The van der Waals surface area contributed by atoms with Crippen LogP contribution in [0.1, 0.15) is 32.7 Å². The summed E-state index contributed by atoms with van der Waals surface area (Å²) in [5.41, 5.74) is 1.90. The number of nitrogens with zero attached hydrogens (tertiary/aromatic N) is 4. The summed E-state index contributed by atoms with van der Waals surface area (Å²) in [6.45, 7) is 10.2. The monoisotopic (exact) mass is 525 g/mol. The maximum absolute atomic E-state index is 12.7. The summed E-state index contributed by atoms with van der Waals surface area (Å²) >= 11 is 1.37. The highest BCUT2D eigenvalue weighted by Gasteiger charge is 2.22. The number of hydrogen-bond acceptors (Lipinski definition) is 8. The van der Waals surface area contributed by atoms with Crippen molar-refractivity contribution in [1.29, 1.82) is 0 Å². The molecule has 0 aliphatic carbocycles. The number of methoxy groups -OCH3 is 1. The molecule has 1 saturated heterocycles. The molecule has 3 aromatic rings. The number of hydrogen-bond donors (Lipinski definition) is 1. The molecule has 0 spiro atoms. The van der Waals surface area contributed by atoms with Gasteiger partial charge in [0.1, 0.15) is 0 Å². The highest BCUT2D eigenvalue weighted by molar-refractivity contribution is 7.99. The Morgan fingerprint density at radius 2 is 1.76 bits per heavy atom. The number of carbonyl (C=O) groups excluding carboxylic acids is 1. The van der Waals surface area contributed by atoms with E-state index in [0.717, 1.165) is 44.2 Å². The average Bonchev–Trinajstić information content (AvgIpc) is 3.30. The van der Waals surface area contributed by atoms with Gasteiger partial charge in [-0.05, 0) is 49.2 Å². The van der Waals surface area contributed by atoms with Crippen LogP contribution in [-0.2, 0) is 16.1 Å². The number of nitrogens with one attached hydrogen (secondary N) is 1. The molecule has 9 nitrogen and oxygen atoms in total. The Hall–Kier alpha value is -3.24. The second-order valence-electron chi connectivity index (χ2n) is 9.24. The van der Waals surface area contributed by atoms with E-state index in [1.54, 1.807) is 7.11 Å². The van der Waals surface area contributed by atoms with Gasteiger partial charge in [0.05, 0.1) is 26.1 Å². The third kappa shape index (κ3) is 7.17. The second-order valence-corrected chi connectivity index (χ2v) is 10.2. The van der Waals surface area contributed by atoms with E-state index in [1.165, 1.54) is 11.8 Å². The lowest BCUT2D eigenvalue weighted by Crippen LogP contribution is -2.36. The Kier molecular flexibility index (Phi) is 9.29. The largest absolute Gasteiger partial charge is 0.493 e. The van der Waals surface area contributed by atoms with Crippen molar-refractivity contribution < 1.29 is 19.0 Å². The average molecular weight is 526 g/mol. The Morgan fingerprint density at radius 1 is 1.05 bits per heavy atom. The van der Waals surface area contributed by atoms with Crippen molar-refractivity contribution >= 4 is 29.0 Å². The number of para-hydroxylation sites is 2. The Balaban J connectivity index is 1.38. The van der Waals surface area contributed by atoms with Crippen molar-refractivity contribution in [1.82, 2.24) is 14.8 Å². The molecule has 1 unspecified atom stereocenters. The van der Waals surface area contributed by atoms with Gasteiger partial charge in [0.15, 0.2) is 28.6 Å². The van der Waals surface area contributed by atoms with Crippen LogP contribution in [0, 0.1) is 5.92 Å². The summed E-state index contributed by atoms with van der Waals surface area (Å²) in [6, 6.07) is 15.5. The van der Waals surface area contributed by atoms with E-state index in [9.17, 15) is 4.79 Å². The van der Waals surface area contributed by atoms with Crippen LogP contribution >= 0.6 is 11.8 Å². The maximum Gasteiger partial charge on any atom is 0.234 e. The highest BCUT2D eigenvalue weighted by Crippen LogP contribution is 2.31. The normalized spacial score (nSPS) is 14.5.